The van der Waals surface area contributed by atoms with Crippen LogP contribution in [0.5, 0.6) is 0 Å². The lowest BCUT2D eigenvalue weighted by Crippen LogP contribution is -2.48. The number of aryl methyl sites for hydroxylation is 2. The summed E-state index contributed by atoms with van der Waals surface area (Å²) in [6.45, 7) is 5.25. The van der Waals surface area contributed by atoms with Gasteiger partial charge >= 0.3 is 0 Å². The van der Waals surface area contributed by atoms with Crippen LogP contribution < -0.4 is 4.72 Å². The normalized spacial score (nSPS) is 25.3. The number of nitrogens with one attached hydrogen (secondary N) is 1. The molecule has 0 aliphatic carbocycles. The molecule has 0 aromatic heterocycles. The van der Waals surface area contributed by atoms with Crippen LogP contribution in [0.15, 0.2) is 23.1 Å². The van der Waals surface area contributed by atoms with Gasteiger partial charge in [-0.05, 0) is 69.5 Å². The Labute approximate surface area is 150 Å². The highest BCUT2D eigenvalue weighted by Gasteiger charge is 2.34. The van der Waals surface area contributed by atoms with Crippen molar-refractivity contribution < 1.29 is 16.8 Å². The van der Waals surface area contributed by atoms with Crippen molar-refractivity contribution in [2.45, 2.75) is 50.1 Å². The molecule has 2 aliphatic rings. The Morgan fingerprint density at radius 2 is 1.64 bits per heavy atom. The first kappa shape index (κ1) is 18.8. The van der Waals surface area contributed by atoms with Crippen LogP contribution in [0.25, 0.3) is 0 Å². The maximum absolute atomic E-state index is 12.6. The van der Waals surface area contributed by atoms with Crippen LogP contribution in [0.2, 0.25) is 0 Å². The van der Waals surface area contributed by atoms with Crippen molar-refractivity contribution in [3.05, 3.63) is 29.3 Å². The van der Waals surface area contributed by atoms with Crippen LogP contribution in [0.4, 0.5) is 0 Å². The fraction of sp³-hybridized carbons (Fsp3) is 0.647. The standard InChI is InChI=1S/C17H26N2O4S2/c1-13-9-14(2)11-17(10-13)25(22,23)18-15-3-6-19(7-4-15)16-5-8-24(20,21)12-16/h9-11,15-16,18H,3-8,12H2,1-2H3. The van der Waals surface area contributed by atoms with Crippen molar-refractivity contribution in [1.82, 2.24) is 9.62 Å². The largest absolute Gasteiger partial charge is 0.299 e. The average molecular weight is 387 g/mol. The third-order valence-corrected chi connectivity index (χ3v) is 8.33. The van der Waals surface area contributed by atoms with Gasteiger partial charge in [0.25, 0.3) is 0 Å². The third kappa shape index (κ3) is 4.61. The highest BCUT2D eigenvalue weighted by molar-refractivity contribution is 7.91. The molecule has 0 amide bonds. The van der Waals surface area contributed by atoms with E-state index in [0.29, 0.717) is 24.2 Å². The second-order valence-electron chi connectivity index (χ2n) is 7.31. The molecular formula is C17H26N2O4S2. The summed E-state index contributed by atoms with van der Waals surface area (Å²) in [5, 5.41) is 0. The molecule has 0 spiro atoms. The zero-order valence-electron chi connectivity index (χ0n) is 14.7. The minimum atomic E-state index is -3.52. The minimum absolute atomic E-state index is 0.0971. The number of sulfonamides is 1. The highest BCUT2D eigenvalue weighted by atomic mass is 32.2. The van der Waals surface area contributed by atoms with E-state index in [1.54, 1.807) is 12.1 Å². The monoisotopic (exact) mass is 386 g/mol. The Kier molecular flexibility index (Phi) is 5.26. The van der Waals surface area contributed by atoms with E-state index in [0.717, 1.165) is 24.2 Å². The molecule has 2 aliphatic heterocycles. The summed E-state index contributed by atoms with van der Waals surface area (Å²) in [7, 11) is -6.41. The van der Waals surface area contributed by atoms with E-state index in [2.05, 4.69) is 9.62 Å². The van der Waals surface area contributed by atoms with Gasteiger partial charge in [0.1, 0.15) is 0 Å². The molecule has 1 atom stereocenters. The third-order valence-electron chi connectivity index (χ3n) is 5.08. The molecule has 0 bridgehead atoms. The van der Waals surface area contributed by atoms with Gasteiger partial charge in [-0.3, -0.25) is 4.90 Å². The predicted molar refractivity (Wildman–Crippen MR) is 97.9 cm³/mol. The lowest BCUT2D eigenvalue weighted by atomic mass is 10.0. The molecule has 0 radical (unpaired) electrons. The molecule has 140 valence electrons. The first-order valence-corrected chi connectivity index (χ1v) is 12.0. The number of hydrogen-bond donors (Lipinski definition) is 1. The smallest absolute Gasteiger partial charge is 0.240 e. The molecule has 25 heavy (non-hydrogen) atoms. The van der Waals surface area contributed by atoms with E-state index in [9.17, 15) is 16.8 Å². The fourth-order valence-electron chi connectivity index (χ4n) is 3.82. The van der Waals surface area contributed by atoms with E-state index >= 15 is 0 Å². The summed E-state index contributed by atoms with van der Waals surface area (Å²) >= 11 is 0. The zero-order chi connectivity index (χ0) is 18.2. The molecule has 6 nitrogen and oxygen atoms in total. The van der Waals surface area contributed by atoms with E-state index < -0.39 is 19.9 Å². The van der Waals surface area contributed by atoms with Crippen molar-refractivity contribution in [3.63, 3.8) is 0 Å². The molecule has 1 N–H and O–H groups in total. The summed E-state index contributed by atoms with van der Waals surface area (Å²) in [6, 6.07) is 5.33. The van der Waals surface area contributed by atoms with Gasteiger partial charge in [-0.1, -0.05) is 6.07 Å². The van der Waals surface area contributed by atoms with E-state index in [-0.39, 0.29) is 23.6 Å². The molecule has 3 rings (SSSR count). The van der Waals surface area contributed by atoms with Crippen molar-refractivity contribution in [2.75, 3.05) is 24.6 Å². The number of likely N-dealkylation sites (tertiary alicyclic amines) is 1. The molecule has 2 saturated heterocycles. The van der Waals surface area contributed by atoms with Crippen LogP contribution in [-0.4, -0.2) is 58.4 Å². The first-order chi connectivity index (χ1) is 11.6. The molecule has 2 fully saturated rings. The Morgan fingerprint density at radius 3 is 2.16 bits per heavy atom. The van der Waals surface area contributed by atoms with E-state index in [4.69, 9.17) is 0 Å². The number of sulfone groups is 1. The van der Waals surface area contributed by atoms with Crippen molar-refractivity contribution in [3.8, 4) is 0 Å². The first-order valence-electron chi connectivity index (χ1n) is 8.70. The van der Waals surface area contributed by atoms with Gasteiger partial charge in [-0.2, -0.15) is 0 Å². The topological polar surface area (TPSA) is 83.6 Å². The van der Waals surface area contributed by atoms with Crippen LogP contribution in [-0.2, 0) is 19.9 Å². The number of rotatable bonds is 4. The van der Waals surface area contributed by atoms with Gasteiger partial charge in [0, 0.05) is 12.1 Å². The van der Waals surface area contributed by atoms with Crippen molar-refractivity contribution in [1.29, 1.82) is 0 Å². The van der Waals surface area contributed by atoms with Gasteiger partial charge in [0.05, 0.1) is 16.4 Å². The van der Waals surface area contributed by atoms with Gasteiger partial charge in [0.15, 0.2) is 9.84 Å². The van der Waals surface area contributed by atoms with E-state index in [1.807, 2.05) is 19.9 Å². The second kappa shape index (κ2) is 6.98. The lowest BCUT2D eigenvalue weighted by Gasteiger charge is -2.35. The number of benzene rings is 1. The van der Waals surface area contributed by atoms with Crippen LogP contribution in [0, 0.1) is 13.8 Å². The number of piperidine rings is 1. The van der Waals surface area contributed by atoms with Crippen molar-refractivity contribution in [2.24, 2.45) is 0 Å². The molecule has 8 heteroatoms. The van der Waals surface area contributed by atoms with Gasteiger partial charge in [-0.25, -0.2) is 21.6 Å². The lowest BCUT2D eigenvalue weighted by molar-refractivity contribution is 0.161. The van der Waals surface area contributed by atoms with Crippen LogP contribution >= 0.6 is 0 Å². The molecule has 1 aromatic rings. The van der Waals surface area contributed by atoms with Gasteiger partial charge in [-0.15, -0.1) is 0 Å². The van der Waals surface area contributed by atoms with Crippen molar-refractivity contribution >= 4 is 19.9 Å². The minimum Gasteiger partial charge on any atom is -0.299 e. The van der Waals surface area contributed by atoms with Gasteiger partial charge in [0.2, 0.25) is 10.0 Å². The highest BCUT2D eigenvalue weighted by Crippen LogP contribution is 2.23. The molecule has 1 unspecified atom stereocenters. The van der Waals surface area contributed by atoms with Gasteiger partial charge < -0.3 is 0 Å². The number of nitrogens with zero attached hydrogens (tertiary/aromatic N) is 1. The predicted octanol–water partition coefficient (Wildman–Crippen LogP) is 1.23. The van der Waals surface area contributed by atoms with Crippen LogP contribution in [0.1, 0.15) is 30.4 Å². The average Bonchev–Trinajstić information content (AvgIpc) is 2.87. The Bertz CT molecular complexity index is 821. The van der Waals surface area contributed by atoms with E-state index in [1.165, 1.54) is 0 Å². The maximum Gasteiger partial charge on any atom is 0.240 e. The Hall–Kier alpha value is -0.960. The zero-order valence-corrected chi connectivity index (χ0v) is 16.4. The SMILES string of the molecule is Cc1cc(C)cc(S(=O)(=O)NC2CCN(C3CCS(=O)(=O)C3)CC2)c1. The van der Waals surface area contributed by atoms with Crippen LogP contribution in [0.3, 0.4) is 0 Å². The fourth-order valence-corrected chi connectivity index (χ4v) is 7.08. The summed E-state index contributed by atoms with van der Waals surface area (Å²) in [6.07, 6.45) is 2.11. The maximum atomic E-state index is 12.6. The molecule has 1 aromatic carbocycles. The summed E-state index contributed by atoms with van der Waals surface area (Å²) in [5.74, 6) is 0.517. The number of hydrogen-bond acceptors (Lipinski definition) is 5. The quantitative estimate of drug-likeness (QED) is 0.842. The molecule has 0 saturated carbocycles. The summed E-state index contributed by atoms with van der Waals surface area (Å²) < 4.78 is 51.3. The Morgan fingerprint density at radius 1 is 1.04 bits per heavy atom. The summed E-state index contributed by atoms with van der Waals surface area (Å²) in [5.41, 5.74) is 1.86. The Balaban J connectivity index is 1.60. The second-order valence-corrected chi connectivity index (χ2v) is 11.3. The summed E-state index contributed by atoms with van der Waals surface area (Å²) in [4.78, 5) is 2.51. The molecular weight excluding hydrogens is 360 g/mol. The molecule has 2 heterocycles.